The molecule has 2 N–H and O–H groups in total. The van der Waals surface area contributed by atoms with Gasteiger partial charge in [0.15, 0.2) is 11.2 Å². The van der Waals surface area contributed by atoms with Gasteiger partial charge >= 0.3 is 0 Å². The number of allylic oxidation sites excluding steroid dienone is 3. The minimum absolute atomic E-state index is 0.0752. The number of nitrogens with zero attached hydrogens (tertiary/aromatic N) is 4. The van der Waals surface area contributed by atoms with Gasteiger partial charge in [0.05, 0.1) is 23.1 Å². The molecule has 36 heavy (non-hydrogen) atoms. The third-order valence-corrected chi connectivity index (χ3v) is 7.62. The van der Waals surface area contributed by atoms with Gasteiger partial charge in [-0.15, -0.1) is 0 Å². The minimum atomic E-state index is -2.11. The van der Waals surface area contributed by atoms with Crippen molar-refractivity contribution in [1.82, 2.24) is 9.88 Å². The summed E-state index contributed by atoms with van der Waals surface area (Å²) in [5.41, 5.74) is -1.76. The van der Waals surface area contributed by atoms with Crippen LogP contribution in [0.4, 0.5) is 0 Å². The standard InChI is InChI=1S/C28H26N4O4/c1-16-4-8-19(9-5-16)23-22(26(34)32(2)3)25(33)27(35)24-21(12-18(14-30)15-31-24)36-28(23,27)20-10-6-17(13-29)7-11-20/h4,6-12,15-16,22-23,25,33,35H,5H2,1-3H3/t16?,22-,23-,25-,27+,28+/m1/s1. The smallest absolute Gasteiger partial charge is 0.228 e. The minimum Gasteiger partial charge on any atom is -0.476 e. The van der Waals surface area contributed by atoms with Crippen molar-refractivity contribution in [1.29, 1.82) is 10.5 Å². The Balaban J connectivity index is 1.84. The number of aliphatic hydroxyl groups excluding tert-OH is 1. The SMILES string of the molecule is CC1C=CC([C@@H]2[C@@H](C(=O)N(C)C)[C@@H](O)[C@@]3(O)c4ncc(C#N)cc4O[C@@]23c2ccc(C#N)cc2)=CC1. The van der Waals surface area contributed by atoms with E-state index in [4.69, 9.17) is 4.74 Å². The second-order valence-electron chi connectivity index (χ2n) is 9.93. The highest BCUT2D eigenvalue weighted by Crippen LogP contribution is 2.67. The molecule has 1 aliphatic heterocycles. The van der Waals surface area contributed by atoms with Crippen LogP contribution >= 0.6 is 0 Å². The van der Waals surface area contributed by atoms with E-state index in [1.807, 2.05) is 24.3 Å². The normalized spacial score (nSPS) is 31.9. The Bertz CT molecular complexity index is 1380. The molecule has 2 aromatic rings. The molecule has 8 nitrogen and oxygen atoms in total. The molecule has 8 heteroatoms. The molecule has 1 saturated carbocycles. The molecular weight excluding hydrogens is 456 g/mol. The zero-order chi connectivity index (χ0) is 25.8. The number of fused-ring (bicyclic) bond motifs is 3. The van der Waals surface area contributed by atoms with E-state index in [1.165, 1.54) is 17.2 Å². The van der Waals surface area contributed by atoms with Gasteiger partial charge in [-0.25, -0.2) is 0 Å². The van der Waals surface area contributed by atoms with Gasteiger partial charge in [-0.2, -0.15) is 10.5 Å². The number of ether oxygens (including phenoxy) is 1. The largest absolute Gasteiger partial charge is 0.476 e. The molecule has 2 aliphatic carbocycles. The third kappa shape index (κ3) is 3.05. The lowest BCUT2D eigenvalue weighted by atomic mass is 9.70. The van der Waals surface area contributed by atoms with E-state index in [-0.39, 0.29) is 22.9 Å². The lowest BCUT2D eigenvalue weighted by Crippen LogP contribution is -2.53. The topological polar surface area (TPSA) is 130 Å². The van der Waals surface area contributed by atoms with Gasteiger partial charge in [-0.1, -0.05) is 37.3 Å². The number of carbonyl (C=O) groups excluding carboxylic acids is 1. The molecular formula is C28H26N4O4. The predicted octanol–water partition coefficient (Wildman–Crippen LogP) is 2.52. The van der Waals surface area contributed by atoms with E-state index < -0.39 is 29.1 Å². The lowest BCUT2D eigenvalue weighted by Gasteiger charge is -2.41. The predicted molar refractivity (Wildman–Crippen MR) is 129 cm³/mol. The molecule has 0 bridgehead atoms. The van der Waals surface area contributed by atoms with Crippen molar-refractivity contribution in [2.45, 2.75) is 30.7 Å². The van der Waals surface area contributed by atoms with Crippen LogP contribution in [0.5, 0.6) is 5.75 Å². The van der Waals surface area contributed by atoms with E-state index in [0.717, 1.165) is 12.0 Å². The molecule has 0 spiro atoms. The van der Waals surface area contributed by atoms with Crippen LogP contribution in [0.15, 0.2) is 60.3 Å². The van der Waals surface area contributed by atoms with Crippen LogP contribution in [-0.4, -0.2) is 46.2 Å². The van der Waals surface area contributed by atoms with Crippen LogP contribution < -0.4 is 4.74 Å². The zero-order valence-corrected chi connectivity index (χ0v) is 20.2. The molecule has 1 unspecified atom stereocenters. The summed E-state index contributed by atoms with van der Waals surface area (Å²) in [6.07, 6.45) is 6.47. The van der Waals surface area contributed by atoms with Crippen molar-refractivity contribution in [3.8, 4) is 17.9 Å². The number of aromatic nitrogens is 1. The first kappa shape index (κ1) is 23.7. The van der Waals surface area contributed by atoms with E-state index in [1.54, 1.807) is 38.4 Å². The quantitative estimate of drug-likeness (QED) is 0.687. The molecule has 0 saturated heterocycles. The van der Waals surface area contributed by atoms with Crippen molar-refractivity contribution in [2.24, 2.45) is 17.8 Å². The highest BCUT2D eigenvalue weighted by atomic mass is 16.5. The van der Waals surface area contributed by atoms with Crippen LogP contribution in [0.25, 0.3) is 0 Å². The fourth-order valence-corrected chi connectivity index (χ4v) is 5.90. The Morgan fingerprint density at radius 2 is 1.89 bits per heavy atom. The number of hydrogen-bond acceptors (Lipinski definition) is 7. The Kier molecular flexibility index (Phi) is 5.48. The number of rotatable bonds is 3. The van der Waals surface area contributed by atoms with Gasteiger partial charge in [0, 0.05) is 32.3 Å². The molecule has 1 amide bonds. The number of aliphatic hydroxyl groups is 2. The lowest BCUT2D eigenvalue weighted by molar-refractivity contribution is -0.158. The highest BCUT2D eigenvalue weighted by Gasteiger charge is 2.78. The summed E-state index contributed by atoms with van der Waals surface area (Å²) in [6.45, 7) is 2.08. The monoisotopic (exact) mass is 482 g/mol. The maximum Gasteiger partial charge on any atom is 0.228 e. The summed E-state index contributed by atoms with van der Waals surface area (Å²) in [5.74, 6) is -1.71. The average Bonchev–Trinajstić information content (AvgIpc) is 3.26. The first-order valence-corrected chi connectivity index (χ1v) is 11.8. The molecule has 2 heterocycles. The fourth-order valence-electron chi connectivity index (χ4n) is 5.90. The van der Waals surface area contributed by atoms with Crippen LogP contribution in [0.2, 0.25) is 0 Å². The van der Waals surface area contributed by atoms with E-state index in [0.29, 0.717) is 17.0 Å². The number of amides is 1. The summed E-state index contributed by atoms with van der Waals surface area (Å²) < 4.78 is 6.59. The van der Waals surface area contributed by atoms with Crippen LogP contribution in [-0.2, 0) is 16.0 Å². The molecule has 1 aromatic heterocycles. The number of hydrogen-bond donors (Lipinski definition) is 2. The van der Waals surface area contributed by atoms with Crippen LogP contribution in [0, 0.1) is 40.4 Å². The van der Waals surface area contributed by atoms with Gasteiger partial charge in [-0.3, -0.25) is 9.78 Å². The Morgan fingerprint density at radius 3 is 2.47 bits per heavy atom. The van der Waals surface area contributed by atoms with Gasteiger partial charge in [-0.05, 0) is 35.6 Å². The van der Waals surface area contributed by atoms with Gasteiger partial charge in [0.2, 0.25) is 5.91 Å². The van der Waals surface area contributed by atoms with E-state index >= 15 is 0 Å². The molecule has 6 atom stereocenters. The number of pyridine rings is 1. The van der Waals surface area contributed by atoms with E-state index in [2.05, 4.69) is 18.0 Å². The van der Waals surface area contributed by atoms with Gasteiger partial charge in [0.1, 0.15) is 23.6 Å². The average molecular weight is 483 g/mol. The number of carbonyl (C=O) groups is 1. The van der Waals surface area contributed by atoms with Crippen molar-refractivity contribution in [3.05, 3.63) is 82.7 Å². The highest BCUT2D eigenvalue weighted by molar-refractivity contribution is 5.82. The molecule has 1 aromatic carbocycles. The van der Waals surface area contributed by atoms with Crippen molar-refractivity contribution in [3.63, 3.8) is 0 Å². The maximum atomic E-state index is 13.6. The third-order valence-electron chi connectivity index (χ3n) is 7.62. The van der Waals surface area contributed by atoms with Gasteiger partial charge in [0.25, 0.3) is 0 Å². The van der Waals surface area contributed by atoms with Crippen molar-refractivity contribution < 1.29 is 19.7 Å². The molecule has 182 valence electrons. The van der Waals surface area contributed by atoms with Gasteiger partial charge < -0.3 is 19.8 Å². The maximum absolute atomic E-state index is 13.6. The van der Waals surface area contributed by atoms with Crippen molar-refractivity contribution >= 4 is 5.91 Å². The second-order valence-corrected chi connectivity index (χ2v) is 9.93. The summed E-state index contributed by atoms with van der Waals surface area (Å²) >= 11 is 0. The fraction of sp³-hybridized carbons (Fsp3) is 0.357. The van der Waals surface area contributed by atoms with Crippen LogP contribution in [0.1, 0.15) is 35.7 Å². The Labute approximate surface area is 209 Å². The molecule has 0 radical (unpaired) electrons. The summed E-state index contributed by atoms with van der Waals surface area (Å²) in [6, 6.07) is 12.2. The zero-order valence-electron chi connectivity index (χ0n) is 20.2. The van der Waals surface area contributed by atoms with Crippen LogP contribution in [0.3, 0.4) is 0 Å². The number of nitriles is 2. The summed E-state index contributed by atoms with van der Waals surface area (Å²) in [4.78, 5) is 19.3. The Morgan fingerprint density at radius 1 is 1.19 bits per heavy atom. The van der Waals surface area contributed by atoms with E-state index in [9.17, 15) is 25.5 Å². The first-order valence-electron chi connectivity index (χ1n) is 11.8. The summed E-state index contributed by atoms with van der Waals surface area (Å²) in [7, 11) is 3.22. The molecule has 1 fully saturated rings. The summed E-state index contributed by atoms with van der Waals surface area (Å²) in [5, 5.41) is 43.1. The molecule has 5 rings (SSSR count). The first-order chi connectivity index (χ1) is 17.2. The second kappa shape index (κ2) is 8.30. The Hall–Kier alpha value is -3.98. The molecule has 3 aliphatic rings. The van der Waals surface area contributed by atoms with Crippen molar-refractivity contribution in [2.75, 3.05) is 14.1 Å². The number of benzene rings is 1.